The first-order valence-electron chi connectivity index (χ1n) is 6.84. The van der Waals surface area contributed by atoms with Gasteiger partial charge in [-0.1, -0.05) is 42.8 Å². The van der Waals surface area contributed by atoms with E-state index in [-0.39, 0.29) is 6.04 Å². The first-order chi connectivity index (χ1) is 9.60. The summed E-state index contributed by atoms with van der Waals surface area (Å²) < 4.78 is 26.4. The van der Waals surface area contributed by atoms with Crippen molar-refractivity contribution in [3.05, 3.63) is 70.8 Å². The summed E-state index contributed by atoms with van der Waals surface area (Å²) in [5.41, 5.74) is 2.88. The largest absolute Gasteiger partial charge is 0.306 e. The number of rotatable bonds is 5. The van der Waals surface area contributed by atoms with Gasteiger partial charge in [-0.3, -0.25) is 0 Å². The number of benzene rings is 2. The molecular formula is C17H19F2N. The van der Waals surface area contributed by atoms with Crippen molar-refractivity contribution in [1.82, 2.24) is 5.32 Å². The molecule has 2 aromatic rings. The molecule has 0 amide bonds. The van der Waals surface area contributed by atoms with Gasteiger partial charge >= 0.3 is 0 Å². The second-order valence-corrected chi connectivity index (χ2v) is 4.99. The van der Waals surface area contributed by atoms with Crippen molar-refractivity contribution in [3.8, 4) is 0 Å². The quantitative estimate of drug-likeness (QED) is 0.846. The summed E-state index contributed by atoms with van der Waals surface area (Å²) >= 11 is 0. The maximum absolute atomic E-state index is 13.6. The Bertz CT molecular complexity index is 564. The summed E-state index contributed by atoms with van der Waals surface area (Å²) in [5.74, 6) is -1.05. The third-order valence-electron chi connectivity index (χ3n) is 3.44. The predicted octanol–water partition coefficient (Wildman–Crippen LogP) is 4.51. The minimum Gasteiger partial charge on any atom is -0.306 e. The molecule has 1 N–H and O–H groups in total. The number of nitrogens with one attached hydrogen (secondary N) is 1. The van der Waals surface area contributed by atoms with Crippen LogP contribution >= 0.6 is 0 Å². The smallest absolute Gasteiger partial charge is 0.130 e. The monoisotopic (exact) mass is 275 g/mol. The summed E-state index contributed by atoms with van der Waals surface area (Å²) in [7, 11) is 0. The van der Waals surface area contributed by atoms with Crippen LogP contribution in [0.4, 0.5) is 8.78 Å². The zero-order valence-electron chi connectivity index (χ0n) is 11.8. The molecule has 0 fully saturated rings. The molecule has 0 saturated carbocycles. The number of hydrogen-bond donors (Lipinski definition) is 1. The average molecular weight is 275 g/mol. The topological polar surface area (TPSA) is 12.0 Å². The Morgan fingerprint density at radius 2 is 1.75 bits per heavy atom. The lowest BCUT2D eigenvalue weighted by molar-refractivity contribution is 0.500. The normalized spacial score (nSPS) is 12.4. The molecule has 0 saturated heterocycles. The first-order valence-corrected chi connectivity index (χ1v) is 6.84. The molecule has 0 radical (unpaired) electrons. The lowest BCUT2D eigenvalue weighted by Gasteiger charge is -2.18. The van der Waals surface area contributed by atoms with Crippen LogP contribution in [0.2, 0.25) is 0 Å². The van der Waals surface area contributed by atoms with E-state index in [1.165, 1.54) is 23.3 Å². The summed E-state index contributed by atoms with van der Waals surface area (Å²) in [4.78, 5) is 0. The number of hydrogen-bond acceptors (Lipinski definition) is 1. The highest BCUT2D eigenvalue weighted by Gasteiger charge is 2.10. The van der Waals surface area contributed by atoms with Crippen LogP contribution in [-0.2, 0) is 6.54 Å². The van der Waals surface area contributed by atoms with E-state index in [1.54, 1.807) is 0 Å². The van der Waals surface area contributed by atoms with Gasteiger partial charge in [0.25, 0.3) is 0 Å². The summed E-state index contributed by atoms with van der Waals surface area (Å²) in [6, 6.07) is 12.2. The van der Waals surface area contributed by atoms with Gasteiger partial charge in [0.15, 0.2) is 0 Å². The van der Waals surface area contributed by atoms with E-state index in [1.807, 2.05) is 6.92 Å². The fourth-order valence-electron chi connectivity index (χ4n) is 2.19. The van der Waals surface area contributed by atoms with Gasteiger partial charge in [0.05, 0.1) is 0 Å². The molecule has 0 aromatic heterocycles. The minimum absolute atomic E-state index is 0.167. The standard InChI is InChI=1S/C17H19F2N/c1-3-17(13-6-4-12(2)5-7-13)20-11-14-8-9-15(18)10-16(14)19/h4-10,17,20H,3,11H2,1-2H3. The van der Waals surface area contributed by atoms with Gasteiger partial charge in [0.2, 0.25) is 0 Å². The van der Waals surface area contributed by atoms with E-state index in [0.29, 0.717) is 12.1 Å². The lowest BCUT2D eigenvalue weighted by atomic mass is 10.0. The van der Waals surface area contributed by atoms with Gasteiger partial charge in [-0.15, -0.1) is 0 Å². The van der Waals surface area contributed by atoms with Crippen molar-refractivity contribution >= 4 is 0 Å². The first kappa shape index (κ1) is 14.7. The molecule has 3 heteroatoms. The highest BCUT2D eigenvalue weighted by atomic mass is 19.1. The maximum Gasteiger partial charge on any atom is 0.130 e. The van der Waals surface area contributed by atoms with Gasteiger partial charge in [0, 0.05) is 24.2 Å². The third kappa shape index (κ3) is 3.64. The second kappa shape index (κ2) is 6.62. The predicted molar refractivity (Wildman–Crippen MR) is 77.4 cm³/mol. The molecule has 20 heavy (non-hydrogen) atoms. The van der Waals surface area contributed by atoms with Crippen LogP contribution in [-0.4, -0.2) is 0 Å². The molecule has 106 valence electrons. The molecule has 0 bridgehead atoms. The molecular weight excluding hydrogens is 256 g/mol. The van der Waals surface area contributed by atoms with E-state index < -0.39 is 11.6 Å². The van der Waals surface area contributed by atoms with Crippen LogP contribution in [0.25, 0.3) is 0 Å². The van der Waals surface area contributed by atoms with Crippen molar-refractivity contribution in [2.75, 3.05) is 0 Å². The molecule has 0 aliphatic rings. The highest BCUT2D eigenvalue weighted by Crippen LogP contribution is 2.18. The van der Waals surface area contributed by atoms with E-state index in [4.69, 9.17) is 0 Å². The van der Waals surface area contributed by atoms with Crippen molar-refractivity contribution in [2.24, 2.45) is 0 Å². The molecule has 1 nitrogen and oxygen atoms in total. The van der Waals surface area contributed by atoms with Crippen LogP contribution in [0.15, 0.2) is 42.5 Å². The van der Waals surface area contributed by atoms with Crippen LogP contribution in [0.1, 0.15) is 36.1 Å². The Morgan fingerprint density at radius 3 is 2.35 bits per heavy atom. The van der Waals surface area contributed by atoms with Gasteiger partial charge in [0.1, 0.15) is 11.6 Å². The van der Waals surface area contributed by atoms with E-state index in [0.717, 1.165) is 12.5 Å². The van der Waals surface area contributed by atoms with E-state index >= 15 is 0 Å². The fourth-order valence-corrected chi connectivity index (χ4v) is 2.19. The molecule has 1 unspecified atom stereocenters. The summed E-state index contributed by atoms with van der Waals surface area (Å²) in [6.07, 6.45) is 0.909. The fraction of sp³-hybridized carbons (Fsp3) is 0.294. The molecule has 0 aliphatic carbocycles. The Hall–Kier alpha value is -1.74. The summed E-state index contributed by atoms with van der Waals surface area (Å²) in [6.45, 7) is 4.52. The number of halogens is 2. The van der Waals surface area contributed by atoms with Gasteiger partial charge < -0.3 is 5.32 Å². The Balaban J connectivity index is 2.05. The molecule has 2 rings (SSSR count). The van der Waals surface area contributed by atoms with Crippen molar-refractivity contribution in [1.29, 1.82) is 0 Å². The molecule has 2 aromatic carbocycles. The van der Waals surface area contributed by atoms with Gasteiger partial charge in [-0.2, -0.15) is 0 Å². The molecule has 0 spiro atoms. The average Bonchev–Trinajstić information content (AvgIpc) is 2.43. The van der Waals surface area contributed by atoms with Crippen LogP contribution in [0.3, 0.4) is 0 Å². The highest BCUT2D eigenvalue weighted by molar-refractivity contribution is 5.24. The molecule has 1 atom stereocenters. The zero-order chi connectivity index (χ0) is 14.5. The minimum atomic E-state index is -0.545. The van der Waals surface area contributed by atoms with Crippen LogP contribution in [0.5, 0.6) is 0 Å². The number of aryl methyl sites for hydroxylation is 1. The van der Waals surface area contributed by atoms with Gasteiger partial charge in [-0.05, 0) is 25.0 Å². The summed E-state index contributed by atoms with van der Waals surface area (Å²) in [5, 5.41) is 3.32. The van der Waals surface area contributed by atoms with Crippen molar-refractivity contribution < 1.29 is 8.78 Å². The van der Waals surface area contributed by atoms with E-state index in [2.05, 4.69) is 36.5 Å². The Morgan fingerprint density at radius 1 is 1.05 bits per heavy atom. The Labute approximate surface area is 118 Å². The second-order valence-electron chi connectivity index (χ2n) is 4.99. The SMILES string of the molecule is CCC(NCc1ccc(F)cc1F)c1ccc(C)cc1. The third-order valence-corrected chi connectivity index (χ3v) is 3.44. The zero-order valence-corrected chi connectivity index (χ0v) is 11.8. The van der Waals surface area contributed by atoms with Crippen LogP contribution in [0, 0.1) is 18.6 Å². The lowest BCUT2D eigenvalue weighted by Crippen LogP contribution is -2.20. The molecule has 0 aliphatic heterocycles. The van der Waals surface area contributed by atoms with Crippen molar-refractivity contribution in [2.45, 2.75) is 32.9 Å². The van der Waals surface area contributed by atoms with Gasteiger partial charge in [-0.25, -0.2) is 8.78 Å². The van der Waals surface area contributed by atoms with E-state index in [9.17, 15) is 8.78 Å². The maximum atomic E-state index is 13.6. The van der Waals surface area contributed by atoms with Crippen molar-refractivity contribution in [3.63, 3.8) is 0 Å². The van der Waals surface area contributed by atoms with Crippen LogP contribution < -0.4 is 5.32 Å². The Kier molecular flexibility index (Phi) is 4.85. The molecule has 0 heterocycles.